The van der Waals surface area contributed by atoms with E-state index < -0.39 is 6.04 Å². The summed E-state index contributed by atoms with van der Waals surface area (Å²) >= 11 is 0. The molecule has 3 aromatic rings. The van der Waals surface area contributed by atoms with Crippen LogP contribution >= 0.6 is 0 Å². The summed E-state index contributed by atoms with van der Waals surface area (Å²) in [5, 5.41) is 10.4. The highest BCUT2D eigenvalue weighted by Crippen LogP contribution is 2.38. The van der Waals surface area contributed by atoms with Crippen molar-refractivity contribution in [3.8, 4) is 11.1 Å². The third-order valence-electron chi connectivity index (χ3n) is 5.34. The number of carbonyl (C=O) groups is 2. The highest BCUT2D eigenvalue weighted by molar-refractivity contribution is 6.04. The van der Waals surface area contributed by atoms with E-state index in [0.717, 1.165) is 33.6 Å². The molecular weight excluding hydrogens is 383 g/mol. The van der Waals surface area contributed by atoms with Crippen molar-refractivity contribution in [3.63, 3.8) is 0 Å². The second-order valence-electron chi connectivity index (χ2n) is 7.55. The van der Waals surface area contributed by atoms with Crippen molar-refractivity contribution in [1.82, 2.24) is 9.78 Å². The summed E-state index contributed by atoms with van der Waals surface area (Å²) in [5.74, 6) is -0.313. The van der Waals surface area contributed by atoms with E-state index in [-0.39, 0.29) is 24.1 Å². The van der Waals surface area contributed by atoms with Crippen LogP contribution in [0.2, 0.25) is 0 Å². The molecule has 2 heterocycles. The number of benzene rings is 2. The highest BCUT2D eigenvalue weighted by Gasteiger charge is 2.36. The molecular formula is C23H23FN4O2. The van der Waals surface area contributed by atoms with Crippen LogP contribution in [0.3, 0.4) is 0 Å². The van der Waals surface area contributed by atoms with Gasteiger partial charge < -0.3 is 10.6 Å². The molecule has 2 amide bonds. The van der Waals surface area contributed by atoms with Gasteiger partial charge in [0.2, 0.25) is 5.91 Å². The van der Waals surface area contributed by atoms with Gasteiger partial charge in [0.05, 0.1) is 12.1 Å². The molecule has 0 bridgehead atoms. The van der Waals surface area contributed by atoms with Gasteiger partial charge in [-0.3, -0.25) is 9.59 Å². The topological polar surface area (TPSA) is 76.0 Å². The van der Waals surface area contributed by atoms with Crippen LogP contribution in [-0.4, -0.2) is 21.6 Å². The summed E-state index contributed by atoms with van der Waals surface area (Å²) in [4.78, 5) is 25.3. The number of nitrogens with zero attached hydrogens (tertiary/aromatic N) is 2. The van der Waals surface area contributed by atoms with Crippen LogP contribution in [0, 0.1) is 19.7 Å². The molecule has 1 aliphatic rings. The van der Waals surface area contributed by atoms with E-state index in [1.54, 1.807) is 16.8 Å². The van der Waals surface area contributed by atoms with Crippen molar-refractivity contribution in [2.45, 2.75) is 39.7 Å². The maximum Gasteiger partial charge on any atom is 0.251 e. The zero-order valence-electron chi connectivity index (χ0n) is 17.1. The molecule has 0 saturated carbocycles. The van der Waals surface area contributed by atoms with Crippen LogP contribution in [0.15, 0.2) is 42.5 Å². The van der Waals surface area contributed by atoms with Gasteiger partial charge in [-0.1, -0.05) is 31.2 Å². The van der Waals surface area contributed by atoms with Gasteiger partial charge in [-0.25, -0.2) is 9.07 Å². The Bertz CT molecular complexity index is 1130. The molecule has 4 rings (SSSR count). The van der Waals surface area contributed by atoms with Crippen molar-refractivity contribution in [3.05, 3.63) is 65.1 Å². The third kappa shape index (κ3) is 3.58. The molecule has 2 aromatic carbocycles. The molecule has 6 nitrogen and oxygen atoms in total. The maximum atomic E-state index is 13.3. The fourth-order valence-electron chi connectivity index (χ4n) is 3.73. The molecule has 154 valence electrons. The number of hydrogen-bond acceptors (Lipinski definition) is 3. The molecule has 30 heavy (non-hydrogen) atoms. The van der Waals surface area contributed by atoms with E-state index >= 15 is 0 Å². The zero-order valence-corrected chi connectivity index (χ0v) is 17.1. The Hall–Kier alpha value is -3.48. The van der Waals surface area contributed by atoms with Gasteiger partial charge in [0.25, 0.3) is 5.91 Å². The first-order chi connectivity index (χ1) is 14.4. The number of anilines is 2. The predicted molar refractivity (Wildman–Crippen MR) is 114 cm³/mol. The number of aryl methyl sites for hydroxylation is 3. The number of halogens is 1. The average Bonchev–Trinajstić information content (AvgIpc) is 3.21. The number of aromatic nitrogens is 2. The summed E-state index contributed by atoms with van der Waals surface area (Å²) in [6, 6.07) is 11.2. The van der Waals surface area contributed by atoms with Gasteiger partial charge >= 0.3 is 0 Å². The number of fused-ring (bicyclic) bond motifs is 1. The fraction of sp³-hybridized carbons (Fsp3) is 0.261. The van der Waals surface area contributed by atoms with Gasteiger partial charge in [0, 0.05) is 11.3 Å². The standard InChI is InChI=1S/C23H23FN4O2/c1-4-17-21(15-7-9-16(24)10-8-15)22-26-23(30)19(28(22)27-17)12-20(29)25-18-11-13(2)5-6-14(18)3/h5-11,19H,4,12H2,1-3H3,(H,25,29)(H,26,30). The summed E-state index contributed by atoms with van der Waals surface area (Å²) in [6.07, 6.45) is 0.615. The second-order valence-corrected chi connectivity index (χ2v) is 7.55. The van der Waals surface area contributed by atoms with Gasteiger partial charge in [-0.2, -0.15) is 5.10 Å². The smallest absolute Gasteiger partial charge is 0.251 e. The Morgan fingerprint density at radius 3 is 2.63 bits per heavy atom. The van der Waals surface area contributed by atoms with Gasteiger partial charge in [0.1, 0.15) is 17.7 Å². The van der Waals surface area contributed by atoms with Crippen LogP contribution in [0.4, 0.5) is 15.9 Å². The van der Waals surface area contributed by atoms with Crippen molar-refractivity contribution >= 4 is 23.3 Å². The van der Waals surface area contributed by atoms with E-state index in [0.29, 0.717) is 12.2 Å². The molecule has 2 N–H and O–H groups in total. The van der Waals surface area contributed by atoms with Crippen molar-refractivity contribution < 1.29 is 14.0 Å². The van der Waals surface area contributed by atoms with Gasteiger partial charge in [0.15, 0.2) is 0 Å². The summed E-state index contributed by atoms with van der Waals surface area (Å²) < 4.78 is 14.9. The van der Waals surface area contributed by atoms with Crippen LogP contribution in [0.1, 0.15) is 36.2 Å². The minimum absolute atomic E-state index is 0.0279. The van der Waals surface area contributed by atoms with E-state index in [9.17, 15) is 14.0 Å². The lowest BCUT2D eigenvalue weighted by Gasteiger charge is -2.12. The zero-order chi connectivity index (χ0) is 21.4. The van der Waals surface area contributed by atoms with Crippen LogP contribution < -0.4 is 10.6 Å². The number of rotatable bonds is 5. The monoisotopic (exact) mass is 406 g/mol. The summed E-state index contributed by atoms with van der Waals surface area (Å²) in [6.45, 7) is 5.85. The van der Waals surface area contributed by atoms with Crippen LogP contribution in [-0.2, 0) is 16.0 Å². The molecule has 0 saturated heterocycles. The Labute approximate surface area is 174 Å². The van der Waals surface area contributed by atoms with Gasteiger partial charge in [-0.05, 0) is 55.2 Å². The first-order valence-electron chi connectivity index (χ1n) is 9.92. The molecule has 1 atom stereocenters. The summed E-state index contributed by atoms with van der Waals surface area (Å²) in [7, 11) is 0. The quantitative estimate of drug-likeness (QED) is 0.660. The molecule has 1 aliphatic heterocycles. The predicted octanol–water partition coefficient (Wildman–Crippen LogP) is 4.39. The van der Waals surface area contributed by atoms with Crippen LogP contribution in [0.25, 0.3) is 11.1 Å². The molecule has 0 fully saturated rings. The first kappa shape index (κ1) is 19.8. The number of amides is 2. The van der Waals surface area contributed by atoms with E-state index in [1.807, 2.05) is 39.0 Å². The third-order valence-corrected chi connectivity index (χ3v) is 5.34. The van der Waals surface area contributed by atoms with Crippen molar-refractivity contribution in [2.24, 2.45) is 0 Å². The van der Waals surface area contributed by atoms with E-state index in [4.69, 9.17) is 0 Å². The van der Waals surface area contributed by atoms with Crippen molar-refractivity contribution in [1.29, 1.82) is 0 Å². The minimum atomic E-state index is -0.732. The lowest BCUT2D eigenvalue weighted by Crippen LogP contribution is -2.24. The average molecular weight is 406 g/mol. The Morgan fingerprint density at radius 1 is 1.20 bits per heavy atom. The van der Waals surface area contributed by atoms with Crippen LogP contribution in [0.5, 0.6) is 0 Å². The van der Waals surface area contributed by atoms with E-state index in [2.05, 4.69) is 15.7 Å². The Kier molecular flexibility index (Phi) is 5.11. The summed E-state index contributed by atoms with van der Waals surface area (Å²) in [5.41, 5.74) is 5.06. The first-order valence-corrected chi connectivity index (χ1v) is 9.92. The molecule has 0 spiro atoms. The lowest BCUT2D eigenvalue weighted by molar-refractivity contribution is -0.123. The van der Waals surface area contributed by atoms with E-state index in [1.165, 1.54) is 12.1 Å². The Morgan fingerprint density at radius 2 is 1.93 bits per heavy atom. The number of nitrogens with one attached hydrogen (secondary N) is 2. The normalized spacial score (nSPS) is 15.1. The molecule has 7 heteroatoms. The Balaban J connectivity index is 1.62. The molecule has 0 aliphatic carbocycles. The maximum absolute atomic E-state index is 13.3. The largest absolute Gasteiger partial charge is 0.326 e. The highest BCUT2D eigenvalue weighted by atomic mass is 19.1. The molecule has 1 aromatic heterocycles. The molecule has 0 radical (unpaired) electrons. The second kappa shape index (κ2) is 7.74. The lowest BCUT2D eigenvalue weighted by atomic mass is 10.0. The SMILES string of the molecule is CCc1nn2c(c1-c1ccc(F)cc1)NC(=O)C2CC(=O)Nc1cc(C)ccc1C. The molecule has 1 unspecified atom stereocenters. The minimum Gasteiger partial charge on any atom is -0.326 e. The van der Waals surface area contributed by atoms with Gasteiger partial charge in [-0.15, -0.1) is 0 Å². The number of carbonyl (C=O) groups excluding carboxylic acids is 2. The van der Waals surface area contributed by atoms with Crippen molar-refractivity contribution in [2.75, 3.05) is 10.6 Å². The fourth-order valence-corrected chi connectivity index (χ4v) is 3.73. The number of hydrogen-bond donors (Lipinski definition) is 2.